The van der Waals surface area contributed by atoms with Crippen LogP contribution in [-0.2, 0) is 17.6 Å². The second kappa shape index (κ2) is 9.33. The molecule has 2 aromatic heterocycles. The molecule has 0 fully saturated rings. The molecule has 1 amide bonds. The first-order valence-corrected chi connectivity index (χ1v) is 13.0. The fraction of sp³-hybridized carbons (Fsp3) is 0.240. The van der Waals surface area contributed by atoms with Crippen molar-refractivity contribution in [3.63, 3.8) is 0 Å². The fourth-order valence-corrected chi connectivity index (χ4v) is 6.10. The van der Waals surface area contributed by atoms with Crippen LogP contribution in [0.1, 0.15) is 30.9 Å². The van der Waals surface area contributed by atoms with Crippen LogP contribution in [0.5, 0.6) is 0 Å². The SMILES string of the molecule is CC(Sc1nc2scc(-c3ccc4c(c3)CCCC4)c2c(=O)[nH]1)C(=O)Nc1ccccc1Cl. The van der Waals surface area contributed by atoms with Crippen LogP contribution in [0, 0.1) is 0 Å². The molecule has 1 atom stereocenters. The van der Waals surface area contributed by atoms with Crippen LogP contribution in [0.15, 0.2) is 57.8 Å². The van der Waals surface area contributed by atoms with E-state index in [1.807, 2.05) is 11.4 Å². The summed E-state index contributed by atoms with van der Waals surface area (Å²) in [7, 11) is 0. The van der Waals surface area contributed by atoms with Crippen molar-refractivity contribution in [1.29, 1.82) is 0 Å². The number of halogens is 1. The highest BCUT2D eigenvalue weighted by Crippen LogP contribution is 2.34. The zero-order chi connectivity index (χ0) is 22.9. The number of amides is 1. The normalized spacial score (nSPS) is 14.1. The maximum atomic E-state index is 13.0. The lowest BCUT2D eigenvalue weighted by Gasteiger charge is -2.16. The molecule has 0 saturated heterocycles. The van der Waals surface area contributed by atoms with E-state index in [0.717, 1.165) is 24.0 Å². The number of anilines is 1. The summed E-state index contributed by atoms with van der Waals surface area (Å²) in [6.45, 7) is 1.77. The minimum atomic E-state index is -0.470. The number of thiophene rings is 1. The van der Waals surface area contributed by atoms with Gasteiger partial charge in [0.2, 0.25) is 5.91 Å². The van der Waals surface area contributed by atoms with E-state index >= 15 is 0 Å². The van der Waals surface area contributed by atoms with Crippen LogP contribution < -0.4 is 10.9 Å². The second-order valence-electron chi connectivity index (χ2n) is 8.12. The third kappa shape index (κ3) is 4.58. The lowest BCUT2D eigenvalue weighted by Crippen LogP contribution is -2.23. The second-order valence-corrected chi connectivity index (χ2v) is 10.7. The van der Waals surface area contributed by atoms with E-state index in [4.69, 9.17) is 11.6 Å². The maximum absolute atomic E-state index is 13.0. The predicted octanol–water partition coefficient (Wildman–Crippen LogP) is 6.30. The molecule has 2 heterocycles. The number of aromatic nitrogens is 2. The summed E-state index contributed by atoms with van der Waals surface area (Å²) in [6.07, 6.45) is 4.68. The van der Waals surface area contributed by atoms with Crippen molar-refractivity contribution in [3.05, 3.63) is 74.3 Å². The topological polar surface area (TPSA) is 74.8 Å². The van der Waals surface area contributed by atoms with E-state index in [1.54, 1.807) is 25.1 Å². The Morgan fingerprint density at radius 3 is 2.79 bits per heavy atom. The number of benzene rings is 2. The van der Waals surface area contributed by atoms with Gasteiger partial charge in [-0.05, 0) is 61.4 Å². The largest absolute Gasteiger partial charge is 0.324 e. The van der Waals surface area contributed by atoms with Gasteiger partial charge in [0.1, 0.15) is 4.83 Å². The third-order valence-electron chi connectivity index (χ3n) is 5.87. The van der Waals surface area contributed by atoms with E-state index in [2.05, 4.69) is 33.5 Å². The number of rotatable bonds is 5. The minimum absolute atomic E-state index is 0.185. The quantitative estimate of drug-likeness (QED) is 0.251. The molecule has 2 aromatic carbocycles. The molecule has 8 heteroatoms. The average molecular weight is 496 g/mol. The summed E-state index contributed by atoms with van der Waals surface area (Å²) in [4.78, 5) is 33.8. The first kappa shape index (κ1) is 22.2. The highest BCUT2D eigenvalue weighted by Gasteiger charge is 2.20. The molecule has 5 nitrogen and oxygen atoms in total. The number of fused-ring (bicyclic) bond motifs is 2. The van der Waals surface area contributed by atoms with Gasteiger partial charge in [-0.15, -0.1) is 11.3 Å². The van der Waals surface area contributed by atoms with Gasteiger partial charge >= 0.3 is 0 Å². The van der Waals surface area contributed by atoms with Crippen LogP contribution in [-0.4, -0.2) is 21.1 Å². The zero-order valence-electron chi connectivity index (χ0n) is 18.0. The molecule has 4 aromatic rings. The van der Waals surface area contributed by atoms with E-state index in [9.17, 15) is 9.59 Å². The Hall–Kier alpha value is -2.61. The molecule has 1 aliphatic carbocycles. The van der Waals surface area contributed by atoms with Gasteiger partial charge in [-0.1, -0.05) is 53.7 Å². The summed E-state index contributed by atoms with van der Waals surface area (Å²) in [5.41, 5.74) is 5.14. The Morgan fingerprint density at radius 2 is 1.97 bits per heavy atom. The number of hydrogen-bond acceptors (Lipinski definition) is 5. The number of nitrogens with zero attached hydrogens (tertiary/aromatic N) is 1. The molecule has 0 spiro atoms. The fourth-order valence-electron chi connectivity index (χ4n) is 4.12. The molecule has 168 valence electrons. The molecule has 0 saturated carbocycles. The molecule has 1 unspecified atom stereocenters. The van der Waals surface area contributed by atoms with Gasteiger partial charge in [0, 0.05) is 10.9 Å². The van der Waals surface area contributed by atoms with Gasteiger partial charge in [0.05, 0.1) is 21.3 Å². The van der Waals surface area contributed by atoms with Crippen molar-refractivity contribution in [1.82, 2.24) is 9.97 Å². The summed E-state index contributed by atoms with van der Waals surface area (Å²) >= 11 is 8.80. The number of aryl methyl sites for hydroxylation is 2. The van der Waals surface area contributed by atoms with Crippen LogP contribution in [0.3, 0.4) is 0 Å². The predicted molar refractivity (Wildman–Crippen MR) is 138 cm³/mol. The van der Waals surface area contributed by atoms with Crippen molar-refractivity contribution in [2.45, 2.75) is 43.0 Å². The van der Waals surface area contributed by atoms with Crippen molar-refractivity contribution in [2.75, 3.05) is 5.32 Å². The number of para-hydroxylation sites is 1. The monoisotopic (exact) mass is 495 g/mol. The smallest absolute Gasteiger partial charge is 0.260 e. The highest BCUT2D eigenvalue weighted by molar-refractivity contribution is 8.00. The van der Waals surface area contributed by atoms with Gasteiger partial charge in [-0.25, -0.2) is 4.98 Å². The van der Waals surface area contributed by atoms with Gasteiger partial charge in [-0.3, -0.25) is 9.59 Å². The van der Waals surface area contributed by atoms with Gasteiger partial charge in [0.25, 0.3) is 5.56 Å². The van der Waals surface area contributed by atoms with E-state index in [0.29, 0.717) is 26.1 Å². The number of H-pyrrole nitrogens is 1. The molecule has 5 rings (SSSR count). The number of carbonyl (C=O) groups excluding carboxylic acids is 1. The molecule has 0 radical (unpaired) electrons. The lowest BCUT2D eigenvalue weighted by atomic mass is 9.89. The Labute approximate surface area is 204 Å². The molecule has 33 heavy (non-hydrogen) atoms. The third-order valence-corrected chi connectivity index (χ3v) is 8.06. The first-order chi connectivity index (χ1) is 16.0. The Bertz CT molecular complexity index is 1410. The van der Waals surface area contributed by atoms with Crippen molar-refractivity contribution >= 4 is 56.5 Å². The van der Waals surface area contributed by atoms with Crippen LogP contribution >= 0.6 is 34.7 Å². The van der Waals surface area contributed by atoms with Gasteiger partial charge in [-0.2, -0.15) is 0 Å². The summed E-state index contributed by atoms with van der Waals surface area (Å²) in [6, 6.07) is 13.6. The number of aromatic amines is 1. The highest BCUT2D eigenvalue weighted by atomic mass is 35.5. The Kier molecular flexibility index (Phi) is 6.27. The van der Waals surface area contributed by atoms with Crippen LogP contribution in [0.25, 0.3) is 21.3 Å². The van der Waals surface area contributed by atoms with Crippen LogP contribution in [0.4, 0.5) is 5.69 Å². The van der Waals surface area contributed by atoms with Gasteiger partial charge < -0.3 is 10.3 Å². The van der Waals surface area contributed by atoms with Crippen molar-refractivity contribution < 1.29 is 4.79 Å². The Balaban J connectivity index is 1.39. The number of hydrogen-bond donors (Lipinski definition) is 2. The minimum Gasteiger partial charge on any atom is -0.324 e. The molecule has 0 bridgehead atoms. The number of thioether (sulfide) groups is 1. The maximum Gasteiger partial charge on any atom is 0.260 e. The summed E-state index contributed by atoms with van der Waals surface area (Å²) in [5, 5.41) is 5.86. The average Bonchev–Trinajstić information content (AvgIpc) is 3.25. The summed E-state index contributed by atoms with van der Waals surface area (Å²) < 4.78 is 0. The molecule has 0 aliphatic heterocycles. The van der Waals surface area contributed by atoms with Crippen molar-refractivity contribution in [2.24, 2.45) is 0 Å². The van der Waals surface area contributed by atoms with Gasteiger partial charge in [0.15, 0.2) is 5.16 Å². The van der Waals surface area contributed by atoms with Crippen LogP contribution in [0.2, 0.25) is 5.02 Å². The molecule has 1 aliphatic rings. The van der Waals surface area contributed by atoms with Crippen molar-refractivity contribution in [3.8, 4) is 11.1 Å². The van der Waals surface area contributed by atoms with E-state index in [1.165, 1.54) is 47.1 Å². The molecular formula is C25H22ClN3O2S2. The Morgan fingerprint density at radius 1 is 1.18 bits per heavy atom. The molecule has 2 N–H and O–H groups in total. The number of carbonyl (C=O) groups is 1. The zero-order valence-corrected chi connectivity index (χ0v) is 20.4. The number of nitrogens with one attached hydrogen (secondary N) is 2. The summed E-state index contributed by atoms with van der Waals surface area (Å²) in [5.74, 6) is -0.211. The van der Waals surface area contributed by atoms with E-state index in [-0.39, 0.29) is 11.5 Å². The lowest BCUT2D eigenvalue weighted by molar-refractivity contribution is -0.115. The molecular weight excluding hydrogens is 474 g/mol. The van der Waals surface area contributed by atoms with E-state index < -0.39 is 5.25 Å². The first-order valence-electron chi connectivity index (χ1n) is 10.9. The standard InChI is InChI=1S/C25H22ClN3O2S2/c1-14(22(30)27-20-9-5-4-8-19(20)26)33-25-28-23(31)21-18(13-32-24(21)29-25)17-11-10-15-6-2-3-7-16(15)12-17/h4-5,8-14H,2-3,6-7H2,1H3,(H,27,30)(H,28,29,31).